The standard InChI is InChI=1S/C25H26IN5O2/c26-20-9-6-18(7-10-20)25(32)27-13-14-31-16-28-21-15-19(8-11-22(21)31)24-29-23(33-30-24)12-5-17-3-1-2-4-17/h6-11,15-17H,1-5,12-14H2,(H,27,32). The Kier molecular flexibility index (Phi) is 6.70. The summed E-state index contributed by atoms with van der Waals surface area (Å²) in [4.78, 5) is 21.4. The van der Waals surface area contributed by atoms with E-state index in [2.05, 4.69) is 43.0 Å². The Bertz CT molecular complexity index is 1240. The summed E-state index contributed by atoms with van der Waals surface area (Å²) in [5.41, 5.74) is 3.44. The van der Waals surface area contributed by atoms with Gasteiger partial charge in [-0.2, -0.15) is 4.98 Å². The molecule has 4 aromatic rings. The Morgan fingerprint density at radius 3 is 2.79 bits per heavy atom. The van der Waals surface area contributed by atoms with E-state index >= 15 is 0 Å². The highest BCUT2D eigenvalue weighted by Gasteiger charge is 2.17. The summed E-state index contributed by atoms with van der Waals surface area (Å²) >= 11 is 2.23. The summed E-state index contributed by atoms with van der Waals surface area (Å²) in [6.45, 7) is 1.16. The molecule has 8 heteroatoms. The number of hydrogen-bond donors (Lipinski definition) is 1. The molecule has 5 rings (SSSR count). The lowest BCUT2D eigenvalue weighted by Crippen LogP contribution is -2.27. The summed E-state index contributed by atoms with van der Waals surface area (Å²) in [6, 6.07) is 13.5. The molecule has 0 aliphatic heterocycles. The quantitative estimate of drug-likeness (QED) is 0.301. The van der Waals surface area contributed by atoms with Crippen LogP contribution in [0.1, 0.15) is 48.4 Å². The predicted octanol–water partition coefficient (Wildman–Crippen LogP) is 5.24. The third-order valence-corrected chi connectivity index (χ3v) is 7.05. The number of halogens is 1. The Morgan fingerprint density at radius 1 is 1.15 bits per heavy atom. The van der Waals surface area contributed by atoms with Crippen LogP contribution in [0.3, 0.4) is 0 Å². The van der Waals surface area contributed by atoms with Crippen molar-refractivity contribution in [2.24, 2.45) is 5.92 Å². The maximum absolute atomic E-state index is 12.3. The van der Waals surface area contributed by atoms with Gasteiger partial charge in [-0.25, -0.2) is 4.98 Å². The second kappa shape index (κ2) is 10.0. The van der Waals surface area contributed by atoms with Gasteiger partial charge in [0.15, 0.2) is 0 Å². The molecule has 0 saturated heterocycles. The lowest BCUT2D eigenvalue weighted by atomic mass is 10.0. The highest BCUT2D eigenvalue weighted by molar-refractivity contribution is 14.1. The lowest BCUT2D eigenvalue weighted by Gasteiger charge is -2.07. The number of amides is 1. The average molecular weight is 555 g/mol. The molecule has 1 N–H and O–H groups in total. The zero-order valence-electron chi connectivity index (χ0n) is 18.3. The van der Waals surface area contributed by atoms with E-state index in [0.717, 1.165) is 38.9 Å². The molecule has 7 nitrogen and oxygen atoms in total. The number of hydrogen-bond acceptors (Lipinski definition) is 5. The van der Waals surface area contributed by atoms with Crippen molar-refractivity contribution in [3.05, 3.63) is 63.8 Å². The lowest BCUT2D eigenvalue weighted by molar-refractivity contribution is 0.0952. The van der Waals surface area contributed by atoms with Crippen LogP contribution in [0, 0.1) is 9.49 Å². The number of carbonyl (C=O) groups is 1. The van der Waals surface area contributed by atoms with E-state index in [1.807, 2.05) is 47.0 Å². The van der Waals surface area contributed by atoms with Crippen LogP contribution in [0.2, 0.25) is 0 Å². The van der Waals surface area contributed by atoms with E-state index in [1.165, 1.54) is 25.7 Å². The van der Waals surface area contributed by atoms with Crippen molar-refractivity contribution < 1.29 is 9.32 Å². The van der Waals surface area contributed by atoms with Crippen molar-refractivity contribution in [3.63, 3.8) is 0 Å². The summed E-state index contributed by atoms with van der Waals surface area (Å²) in [5.74, 6) is 2.06. The molecule has 2 aromatic carbocycles. The molecule has 0 radical (unpaired) electrons. The van der Waals surface area contributed by atoms with Crippen LogP contribution in [0.25, 0.3) is 22.4 Å². The predicted molar refractivity (Wildman–Crippen MR) is 135 cm³/mol. The van der Waals surface area contributed by atoms with E-state index in [9.17, 15) is 4.79 Å². The van der Waals surface area contributed by atoms with Gasteiger partial charge in [-0.05, 0) is 77.4 Å². The van der Waals surface area contributed by atoms with Crippen LogP contribution >= 0.6 is 22.6 Å². The fraction of sp³-hybridized carbons (Fsp3) is 0.360. The van der Waals surface area contributed by atoms with Crippen LogP contribution < -0.4 is 5.32 Å². The minimum atomic E-state index is -0.0704. The van der Waals surface area contributed by atoms with Gasteiger partial charge in [-0.3, -0.25) is 4.79 Å². The number of fused-ring (bicyclic) bond motifs is 1. The second-order valence-electron chi connectivity index (χ2n) is 8.61. The topological polar surface area (TPSA) is 85.8 Å². The Labute approximate surface area is 206 Å². The third kappa shape index (κ3) is 5.26. The van der Waals surface area contributed by atoms with Gasteiger partial charge in [0.1, 0.15) is 0 Å². The number of nitrogens with one attached hydrogen (secondary N) is 1. The fourth-order valence-corrected chi connectivity index (χ4v) is 4.83. The molecule has 1 aliphatic rings. The first kappa shape index (κ1) is 22.1. The first-order valence-electron chi connectivity index (χ1n) is 11.5. The molecule has 0 bridgehead atoms. The summed E-state index contributed by atoms with van der Waals surface area (Å²) in [5, 5.41) is 7.15. The monoisotopic (exact) mass is 555 g/mol. The van der Waals surface area contributed by atoms with E-state index in [1.54, 1.807) is 6.33 Å². The van der Waals surface area contributed by atoms with Gasteiger partial charge >= 0.3 is 0 Å². The van der Waals surface area contributed by atoms with Gasteiger partial charge in [0.05, 0.1) is 17.4 Å². The van der Waals surface area contributed by atoms with Crippen molar-refractivity contribution in [1.82, 2.24) is 25.0 Å². The number of nitrogens with zero attached hydrogens (tertiary/aromatic N) is 4. The maximum Gasteiger partial charge on any atom is 0.251 e. The molecule has 0 unspecified atom stereocenters. The van der Waals surface area contributed by atoms with Crippen molar-refractivity contribution in [2.75, 3.05) is 6.54 Å². The zero-order chi connectivity index (χ0) is 22.6. The number of imidazole rings is 1. The largest absolute Gasteiger partial charge is 0.350 e. The van der Waals surface area contributed by atoms with E-state index < -0.39 is 0 Å². The number of aryl methyl sites for hydroxylation is 1. The molecule has 1 aliphatic carbocycles. The van der Waals surface area contributed by atoms with Crippen molar-refractivity contribution in [2.45, 2.75) is 45.1 Å². The summed E-state index contributed by atoms with van der Waals surface area (Å²) < 4.78 is 8.63. The van der Waals surface area contributed by atoms with Gasteiger partial charge < -0.3 is 14.4 Å². The van der Waals surface area contributed by atoms with Crippen LogP contribution in [-0.2, 0) is 13.0 Å². The fourth-order valence-electron chi connectivity index (χ4n) is 4.47. The highest BCUT2D eigenvalue weighted by Crippen LogP contribution is 2.29. The molecule has 1 amide bonds. The molecule has 1 fully saturated rings. The normalized spacial score (nSPS) is 14.2. The smallest absolute Gasteiger partial charge is 0.251 e. The van der Waals surface area contributed by atoms with Gasteiger partial charge in [0, 0.05) is 34.2 Å². The number of rotatable bonds is 8. The zero-order valence-corrected chi connectivity index (χ0v) is 20.5. The maximum atomic E-state index is 12.3. The minimum Gasteiger partial charge on any atom is -0.350 e. The van der Waals surface area contributed by atoms with Crippen molar-refractivity contribution >= 4 is 39.5 Å². The number of aromatic nitrogens is 4. The van der Waals surface area contributed by atoms with Crippen LogP contribution in [0.5, 0.6) is 0 Å². The Hall–Kier alpha value is -2.75. The van der Waals surface area contributed by atoms with E-state index in [0.29, 0.717) is 30.4 Å². The molecular weight excluding hydrogens is 529 g/mol. The summed E-state index contributed by atoms with van der Waals surface area (Å²) in [6.07, 6.45) is 9.14. The first-order valence-corrected chi connectivity index (χ1v) is 12.6. The van der Waals surface area contributed by atoms with Crippen LogP contribution in [0.15, 0.2) is 53.3 Å². The SMILES string of the molecule is O=C(NCCn1cnc2cc(-c3noc(CCC4CCCC4)n3)ccc21)c1ccc(I)cc1. The van der Waals surface area contributed by atoms with E-state index in [-0.39, 0.29) is 5.91 Å². The van der Waals surface area contributed by atoms with Gasteiger partial charge in [-0.1, -0.05) is 30.8 Å². The third-order valence-electron chi connectivity index (χ3n) is 6.33. The van der Waals surface area contributed by atoms with Crippen molar-refractivity contribution in [1.29, 1.82) is 0 Å². The summed E-state index contributed by atoms with van der Waals surface area (Å²) in [7, 11) is 0. The average Bonchev–Trinajstić information content (AvgIpc) is 3.59. The molecular formula is C25H26IN5O2. The molecule has 2 heterocycles. The molecule has 0 atom stereocenters. The molecule has 1 saturated carbocycles. The molecule has 33 heavy (non-hydrogen) atoms. The molecule has 0 spiro atoms. The number of carbonyl (C=O) groups excluding carboxylic acids is 1. The van der Waals surface area contributed by atoms with Gasteiger partial charge in [0.25, 0.3) is 5.91 Å². The van der Waals surface area contributed by atoms with Gasteiger partial charge in [0.2, 0.25) is 11.7 Å². The van der Waals surface area contributed by atoms with Crippen molar-refractivity contribution in [3.8, 4) is 11.4 Å². The first-order chi connectivity index (χ1) is 16.2. The van der Waals surface area contributed by atoms with E-state index in [4.69, 9.17) is 4.52 Å². The molecule has 170 valence electrons. The Morgan fingerprint density at radius 2 is 1.97 bits per heavy atom. The minimum absolute atomic E-state index is 0.0704. The van der Waals surface area contributed by atoms with Crippen LogP contribution in [0.4, 0.5) is 0 Å². The second-order valence-corrected chi connectivity index (χ2v) is 9.85. The Balaban J connectivity index is 1.20. The van der Waals surface area contributed by atoms with Crippen LogP contribution in [-0.4, -0.2) is 32.1 Å². The van der Waals surface area contributed by atoms with Gasteiger partial charge in [-0.15, -0.1) is 0 Å². The molecule has 2 aromatic heterocycles. The number of benzene rings is 2. The highest BCUT2D eigenvalue weighted by atomic mass is 127.